The van der Waals surface area contributed by atoms with Crippen molar-refractivity contribution in [2.24, 2.45) is 0 Å². The molecule has 0 saturated heterocycles. The van der Waals surface area contributed by atoms with Crippen LogP contribution in [0.2, 0.25) is 0 Å². The molecular weight excluding hydrogens is 238 g/mol. The Morgan fingerprint density at radius 3 is 2.83 bits per heavy atom. The van der Waals surface area contributed by atoms with E-state index in [1.165, 1.54) is 0 Å². The van der Waals surface area contributed by atoms with Crippen LogP contribution in [0, 0.1) is 0 Å². The molecule has 0 aliphatic heterocycles. The summed E-state index contributed by atoms with van der Waals surface area (Å²) in [7, 11) is 0. The van der Waals surface area contributed by atoms with Gasteiger partial charge in [-0.25, -0.2) is 0 Å². The van der Waals surface area contributed by atoms with Gasteiger partial charge in [-0.1, -0.05) is 22.9 Å². The summed E-state index contributed by atoms with van der Waals surface area (Å²) in [5.41, 5.74) is 0. The summed E-state index contributed by atoms with van der Waals surface area (Å²) in [6.07, 6.45) is 3.64. The third kappa shape index (κ3) is 8.40. The van der Waals surface area contributed by atoms with Crippen LogP contribution >= 0.6 is 27.7 Å². The van der Waals surface area contributed by atoms with E-state index in [1.54, 1.807) is 11.8 Å². The molecule has 12 heavy (non-hydrogen) atoms. The number of amides is 1. The molecule has 1 atom stereocenters. The standard InChI is InChI=1S/C8H16BrNOS/c1-7(9)3-5-10-8(11)4-6-12-2/h7H,3-6H2,1-2H3,(H,10,11). The Bertz CT molecular complexity index is 130. The summed E-state index contributed by atoms with van der Waals surface area (Å²) in [5, 5.41) is 2.87. The van der Waals surface area contributed by atoms with Crippen LogP contribution in [-0.4, -0.2) is 29.3 Å². The monoisotopic (exact) mass is 253 g/mol. The Labute approximate surface area is 87.0 Å². The molecule has 0 aromatic rings. The van der Waals surface area contributed by atoms with Gasteiger partial charge in [-0.05, 0) is 12.7 Å². The first-order valence-electron chi connectivity index (χ1n) is 4.06. The van der Waals surface area contributed by atoms with E-state index >= 15 is 0 Å². The van der Waals surface area contributed by atoms with Gasteiger partial charge in [-0.3, -0.25) is 4.79 Å². The zero-order valence-corrected chi connectivity index (χ0v) is 10.0. The first kappa shape index (κ1) is 12.3. The molecule has 0 rings (SSSR count). The van der Waals surface area contributed by atoms with Crippen LogP contribution in [0.25, 0.3) is 0 Å². The fourth-order valence-electron chi connectivity index (χ4n) is 0.694. The predicted octanol–water partition coefficient (Wildman–Crippen LogP) is 2.03. The van der Waals surface area contributed by atoms with Crippen molar-refractivity contribution in [3.05, 3.63) is 0 Å². The van der Waals surface area contributed by atoms with Gasteiger partial charge in [0.25, 0.3) is 0 Å². The second-order valence-electron chi connectivity index (χ2n) is 2.66. The quantitative estimate of drug-likeness (QED) is 0.735. The van der Waals surface area contributed by atoms with Crippen molar-refractivity contribution in [2.75, 3.05) is 18.6 Å². The van der Waals surface area contributed by atoms with Crippen molar-refractivity contribution in [2.45, 2.75) is 24.6 Å². The number of hydrogen-bond acceptors (Lipinski definition) is 2. The lowest BCUT2D eigenvalue weighted by Gasteiger charge is -2.05. The minimum Gasteiger partial charge on any atom is -0.356 e. The van der Waals surface area contributed by atoms with Crippen molar-refractivity contribution >= 4 is 33.6 Å². The molecule has 4 heteroatoms. The van der Waals surface area contributed by atoms with Gasteiger partial charge >= 0.3 is 0 Å². The van der Waals surface area contributed by atoms with Crippen LogP contribution in [-0.2, 0) is 4.79 Å². The number of rotatable bonds is 6. The van der Waals surface area contributed by atoms with Crippen LogP contribution in [0.1, 0.15) is 19.8 Å². The van der Waals surface area contributed by atoms with Crippen molar-refractivity contribution in [3.8, 4) is 0 Å². The van der Waals surface area contributed by atoms with Crippen LogP contribution in [0.4, 0.5) is 0 Å². The minimum atomic E-state index is 0.164. The second kappa shape index (κ2) is 7.92. The predicted molar refractivity (Wildman–Crippen MR) is 59.0 cm³/mol. The maximum atomic E-state index is 11.0. The number of nitrogens with one attached hydrogen (secondary N) is 1. The Kier molecular flexibility index (Phi) is 8.12. The molecule has 72 valence electrons. The highest BCUT2D eigenvalue weighted by atomic mass is 79.9. The molecule has 0 spiro atoms. The SMILES string of the molecule is CSCCC(=O)NCCC(C)Br. The van der Waals surface area contributed by atoms with E-state index in [1.807, 2.05) is 6.26 Å². The van der Waals surface area contributed by atoms with E-state index < -0.39 is 0 Å². The molecule has 2 nitrogen and oxygen atoms in total. The molecule has 1 N–H and O–H groups in total. The molecule has 0 radical (unpaired) electrons. The van der Waals surface area contributed by atoms with Crippen LogP contribution in [0.15, 0.2) is 0 Å². The van der Waals surface area contributed by atoms with E-state index in [2.05, 4.69) is 28.2 Å². The first-order chi connectivity index (χ1) is 5.66. The fourth-order valence-corrected chi connectivity index (χ4v) is 1.31. The number of alkyl halides is 1. The maximum absolute atomic E-state index is 11.0. The van der Waals surface area contributed by atoms with Crippen molar-refractivity contribution in [1.29, 1.82) is 0 Å². The van der Waals surface area contributed by atoms with Gasteiger partial charge in [-0.2, -0.15) is 11.8 Å². The number of halogens is 1. The van der Waals surface area contributed by atoms with Crippen LogP contribution in [0.5, 0.6) is 0 Å². The van der Waals surface area contributed by atoms with Gasteiger partial charge in [0.2, 0.25) is 5.91 Å². The van der Waals surface area contributed by atoms with Gasteiger partial charge in [0, 0.05) is 23.5 Å². The highest BCUT2D eigenvalue weighted by molar-refractivity contribution is 9.09. The molecule has 1 unspecified atom stereocenters. The zero-order chi connectivity index (χ0) is 9.40. The minimum absolute atomic E-state index is 0.164. The number of carbonyl (C=O) groups is 1. The topological polar surface area (TPSA) is 29.1 Å². The molecular formula is C8H16BrNOS. The van der Waals surface area contributed by atoms with Crippen LogP contribution < -0.4 is 5.32 Å². The molecule has 0 aromatic carbocycles. The average molecular weight is 254 g/mol. The van der Waals surface area contributed by atoms with Crippen molar-refractivity contribution in [3.63, 3.8) is 0 Å². The molecule has 0 aliphatic rings. The molecule has 0 heterocycles. The van der Waals surface area contributed by atoms with Crippen molar-refractivity contribution < 1.29 is 4.79 Å². The van der Waals surface area contributed by atoms with Gasteiger partial charge in [-0.15, -0.1) is 0 Å². The fraction of sp³-hybridized carbons (Fsp3) is 0.875. The lowest BCUT2D eigenvalue weighted by atomic mass is 10.3. The van der Waals surface area contributed by atoms with Gasteiger partial charge in [0.05, 0.1) is 0 Å². The van der Waals surface area contributed by atoms with E-state index in [9.17, 15) is 4.79 Å². The zero-order valence-electron chi connectivity index (χ0n) is 7.60. The summed E-state index contributed by atoms with van der Waals surface area (Å²) in [5.74, 6) is 1.08. The molecule has 0 bridgehead atoms. The first-order valence-corrected chi connectivity index (χ1v) is 6.37. The number of carbonyl (C=O) groups excluding carboxylic acids is 1. The molecule has 1 amide bonds. The van der Waals surface area contributed by atoms with E-state index in [-0.39, 0.29) is 5.91 Å². The summed E-state index contributed by atoms with van der Waals surface area (Å²) in [6, 6.07) is 0. The average Bonchev–Trinajstić information content (AvgIpc) is 2.00. The maximum Gasteiger partial charge on any atom is 0.220 e. The Morgan fingerprint density at radius 1 is 1.67 bits per heavy atom. The lowest BCUT2D eigenvalue weighted by molar-refractivity contribution is -0.120. The number of thioether (sulfide) groups is 1. The molecule has 0 saturated carbocycles. The Balaban J connectivity index is 3.20. The molecule has 0 fully saturated rings. The lowest BCUT2D eigenvalue weighted by Crippen LogP contribution is -2.25. The number of hydrogen-bond donors (Lipinski definition) is 1. The van der Waals surface area contributed by atoms with Gasteiger partial charge in [0.15, 0.2) is 0 Å². The highest BCUT2D eigenvalue weighted by Gasteiger charge is 2.00. The summed E-state index contributed by atoms with van der Waals surface area (Å²) >= 11 is 5.12. The highest BCUT2D eigenvalue weighted by Crippen LogP contribution is 2.01. The third-order valence-electron chi connectivity index (χ3n) is 1.40. The van der Waals surface area contributed by atoms with E-state index in [4.69, 9.17) is 0 Å². The van der Waals surface area contributed by atoms with E-state index in [0.717, 1.165) is 18.7 Å². The molecule has 0 aromatic heterocycles. The van der Waals surface area contributed by atoms with E-state index in [0.29, 0.717) is 11.2 Å². The molecule has 0 aliphatic carbocycles. The van der Waals surface area contributed by atoms with Crippen LogP contribution in [0.3, 0.4) is 0 Å². The largest absolute Gasteiger partial charge is 0.356 e. The smallest absolute Gasteiger partial charge is 0.220 e. The van der Waals surface area contributed by atoms with Gasteiger partial charge in [0.1, 0.15) is 0 Å². The Hall–Kier alpha value is 0.300. The summed E-state index contributed by atoms with van der Waals surface area (Å²) < 4.78 is 0. The third-order valence-corrected chi connectivity index (χ3v) is 2.47. The van der Waals surface area contributed by atoms with Crippen molar-refractivity contribution in [1.82, 2.24) is 5.32 Å². The summed E-state index contributed by atoms with van der Waals surface area (Å²) in [4.78, 5) is 11.5. The normalized spacial score (nSPS) is 12.6. The Morgan fingerprint density at radius 2 is 2.33 bits per heavy atom. The summed E-state index contributed by atoms with van der Waals surface area (Å²) in [6.45, 7) is 2.85. The van der Waals surface area contributed by atoms with Gasteiger partial charge < -0.3 is 5.32 Å². The second-order valence-corrected chi connectivity index (χ2v) is 5.21.